The Morgan fingerprint density at radius 2 is 2.20 bits per heavy atom. The van der Waals surface area contributed by atoms with Crippen molar-refractivity contribution < 1.29 is 10.2 Å². The monoisotopic (exact) mass is 204 g/mol. The lowest BCUT2D eigenvalue weighted by Crippen LogP contribution is -2.33. The summed E-state index contributed by atoms with van der Waals surface area (Å²) in [6.07, 6.45) is 0.526. The lowest BCUT2D eigenvalue weighted by Gasteiger charge is -2.27. The number of phenolic OH excluding ortho intramolecular Hbond substituents is 1. The Bertz CT molecular complexity index is 437. The molecule has 0 saturated carbocycles. The van der Waals surface area contributed by atoms with E-state index in [0.29, 0.717) is 18.4 Å². The Balaban J connectivity index is 2.60. The number of nitrogens with two attached hydrogens (primary N) is 1. The Labute approximate surface area is 87.6 Å². The summed E-state index contributed by atoms with van der Waals surface area (Å²) in [5.41, 5.74) is 7.39. The average molecular weight is 204 g/mol. The molecule has 78 valence electrons. The summed E-state index contributed by atoms with van der Waals surface area (Å²) in [5, 5.41) is 28.2. The van der Waals surface area contributed by atoms with Gasteiger partial charge >= 0.3 is 0 Å². The maximum Gasteiger partial charge on any atom is 0.133 e. The third-order valence-electron chi connectivity index (χ3n) is 2.89. The molecule has 2 rings (SSSR count). The first-order valence-electron chi connectivity index (χ1n) is 4.83. The SMILES string of the molecule is N#Cc1c(O)ccc2c1CCC(N)C2O. The number of phenols is 1. The maximum absolute atomic E-state index is 9.82. The van der Waals surface area contributed by atoms with Gasteiger partial charge in [-0.3, -0.25) is 0 Å². The van der Waals surface area contributed by atoms with Crippen LogP contribution < -0.4 is 5.73 Å². The number of fused-ring (bicyclic) bond motifs is 1. The lowest BCUT2D eigenvalue weighted by atomic mass is 9.83. The summed E-state index contributed by atoms with van der Waals surface area (Å²) in [7, 11) is 0. The van der Waals surface area contributed by atoms with Gasteiger partial charge in [0, 0.05) is 6.04 Å². The summed E-state index contributed by atoms with van der Waals surface area (Å²) < 4.78 is 0. The van der Waals surface area contributed by atoms with Gasteiger partial charge in [0.15, 0.2) is 0 Å². The molecule has 4 N–H and O–H groups in total. The molecule has 0 amide bonds. The zero-order valence-corrected chi connectivity index (χ0v) is 8.14. The molecule has 0 heterocycles. The Morgan fingerprint density at radius 1 is 1.47 bits per heavy atom. The smallest absolute Gasteiger partial charge is 0.133 e. The zero-order chi connectivity index (χ0) is 11.0. The normalized spacial score (nSPS) is 24.3. The van der Waals surface area contributed by atoms with Crippen LogP contribution in [0, 0.1) is 11.3 Å². The van der Waals surface area contributed by atoms with Gasteiger partial charge in [0.1, 0.15) is 11.8 Å². The van der Waals surface area contributed by atoms with Crippen molar-refractivity contribution in [3.05, 3.63) is 28.8 Å². The number of hydrogen-bond acceptors (Lipinski definition) is 4. The molecule has 1 aliphatic carbocycles. The fourth-order valence-corrected chi connectivity index (χ4v) is 2.02. The largest absolute Gasteiger partial charge is 0.507 e. The molecule has 4 heteroatoms. The van der Waals surface area contributed by atoms with E-state index in [9.17, 15) is 10.2 Å². The minimum Gasteiger partial charge on any atom is -0.507 e. The molecule has 0 bridgehead atoms. The van der Waals surface area contributed by atoms with Crippen LogP contribution in [0.5, 0.6) is 5.75 Å². The maximum atomic E-state index is 9.82. The molecule has 0 aliphatic heterocycles. The van der Waals surface area contributed by atoms with Gasteiger partial charge in [0.2, 0.25) is 0 Å². The summed E-state index contributed by atoms with van der Waals surface area (Å²) in [6.45, 7) is 0. The van der Waals surface area contributed by atoms with Crippen molar-refractivity contribution in [1.29, 1.82) is 5.26 Å². The van der Waals surface area contributed by atoms with Crippen LogP contribution in [0.2, 0.25) is 0 Å². The van der Waals surface area contributed by atoms with Gasteiger partial charge < -0.3 is 15.9 Å². The Hall–Kier alpha value is -1.57. The van der Waals surface area contributed by atoms with E-state index >= 15 is 0 Å². The first-order chi connectivity index (χ1) is 7.15. The fourth-order valence-electron chi connectivity index (χ4n) is 2.02. The minimum absolute atomic E-state index is 0.0288. The third kappa shape index (κ3) is 1.46. The van der Waals surface area contributed by atoms with E-state index < -0.39 is 6.10 Å². The van der Waals surface area contributed by atoms with Crippen LogP contribution >= 0.6 is 0 Å². The van der Waals surface area contributed by atoms with Crippen molar-refractivity contribution in [2.75, 3.05) is 0 Å². The van der Waals surface area contributed by atoms with Crippen molar-refractivity contribution in [3.63, 3.8) is 0 Å². The highest BCUT2D eigenvalue weighted by molar-refractivity contribution is 5.53. The van der Waals surface area contributed by atoms with Gasteiger partial charge in [-0.15, -0.1) is 0 Å². The third-order valence-corrected chi connectivity index (χ3v) is 2.89. The van der Waals surface area contributed by atoms with Crippen molar-refractivity contribution in [1.82, 2.24) is 0 Å². The molecule has 0 spiro atoms. The number of benzene rings is 1. The van der Waals surface area contributed by atoms with E-state index in [1.807, 2.05) is 6.07 Å². The Morgan fingerprint density at radius 3 is 2.87 bits per heavy atom. The molecular formula is C11H12N2O2. The molecule has 2 atom stereocenters. The second-order valence-corrected chi connectivity index (χ2v) is 3.79. The molecule has 2 unspecified atom stereocenters. The molecule has 0 aromatic heterocycles. The first kappa shape index (κ1) is 9.97. The molecule has 4 nitrogen and oxygen atoms in total. The molecule has 15 heavy (non-hydrogen) atoms. The standard InChI is InChI=1S/C11H12N2O2/c12-5-8-6-1-3-9(13)11(15)7(6)2-4-10(8)14/h2,4,9,11,14-15H,1,3,13H2. The van der Waals surface area contributed by atoms with Gasteiger partial charge in [-0.25, -0.2) is 0 Å². The molecule has 0 fully saturated rings. The number of hydrogen-bond donors (Lipinski definition) is 3. The van der Waals surface area contributed by atoms with Crippen LogP contribution in [-0.2, 0) is 6.42 Å². The van der Waals surface area contributed by atoms with Gasteiger partial charge in [0.25, 0.3) is 0 Å². The second-order valence-electron chi connectivity index (χ2n) is 3.79. The van der Waals surface area contributed by atoms with Crippen molar-refractivity contribution in [2.45, 2.75) is 25.0 Å². The van der Waals surface area contributed by atoms with E-state index in [1.165, 1.54) is 6.07 Å². The summed E-state index contributed by atoms with van der Waals surface area (Å²) in [5.74, 6) is -0.0288. The van der Waals surface area contributed by atoms with E-state index in [0.717, 1.165) is 5.56 Å². The summed E-state index contributed by atoms with van der Waals surface area (Å²) in [4.78, 5) is 0. The van der Waals surface area contributed by atoms with Gasteiger partial charge in [-0.05, 0) is 30.0 Å². The van der Waals surface area contributed by atoms with Crippen molar-refractivity contribution in [3.8, 4) is 11.8 Å². The molecule has 1 aromatic carbocycles. The van der Waals surface area contributed by atoms with Crippen LogP contribution in [0.1, 0.15) is 29.2 Å². The highest BCUT2D eigenvalue weighted by Crippen LogP contribution is 2.34. The minimum atomic E-state index is -0.735. The van der Waals surface area contributed by atoms with Crippen LogP contribution in [0.25, 0.3) is 0 Å². The average Bonchev–Trinajstić information content (AvgIpc) is 2.23. The topological polar surface area (TPSA) is 90.3 Å². The molecule has 0 radical (unpaired) electrons. The van der Waals surface area contributed by atoms with Crippen LogP contribution in [0.4, 0.5) is 0 Å². The summed E-state index contributed by atoms with van der Waals surface area (Å²) >= 11 is 0. The Kier molecular flexibility index (Phi) is 2.35. The predicted molar refractivity (Wildman–Crippen MR) is 54.1 cm³/mol. The first-order valence-corrected chi connectivity index (χ1v) is 4.83. The number of aliphatic hydroxyl groups is 1. The quantitative estimate of drug-likeness (QED) is 0.576. The zero-order valence-electron chi connectivity index (χ0n) is 8.14. The highest BCUT2D eigenvalue weighted by atomic mass is 16.3. The molecule has 1 aliphatic rings. The molecular weight excluding hydrogens is 192 g/mol. The van der Waals surface area contributed by atoms with Crippen LogP contribution in [0.15, 0.2) is 12.1 Å². The van der Waals surface area contributed by atoms with Gasteiger partial charge in [0.05, 0.1) is 11.7 Å². The number of nitrogens with zero attached hydrogens (tertiary/aromatic N) is 1. The molecule has 1 aromatic rings. The predicted octanol–water partition coefficient (Wildman–Crippen LogP) is 0.571. The second kappa shape index (κ2) is 3.54. The number of aromatic hydroxyl groups is 1. The van der Waals surface area contributed by atoms with E-state index in [1.54, 1.807) is 6.07 Å². The highest BCUT2D eigenvalue weighted by Gasteiger charge is 2.27. The molecule has 0 saturated heterocycles. The summed E-state index contributed by atoms with van der Waals surface area (Å²) in [6, 6.07) is 4.74. The van der Waals surface area contributed by atoms with E-state index in [4.69, 9.17) is 11.0 Å². The van der Waals surface area contributed by atoms with Crippen molar-refractivity contribution in [2.24, 2.45) is 5.73 Å². The number of aliphatic hydroxyl groups excluding tert-OH is 1. The van der Waals surface area contributed by atoms with Gasteiger partial charge in [-0.1, -0.05) is 6.07 Å². The number of rotatable bonds is 0. The van der Waals surface area contributed by atoms with Crippen LogP contribution in [-0.4, -0.2) is 16.3 Å². The van der Waals surface area contributed by atoms with E-state index in [2.05, 4.69) is 0 Å². The van der Waals surface area contributed by atoms with Gasteiger partial charge in [-0.2, -0.15) is 5.26 Å². The van der Waals surface area contributed by atoms with Crippen LogP contribution in [0.3, 0.4) is 0 Å². The fraction of sp³-hybridized carbons (Fsp3) is 0.364. The number of nitriles is 1. The van der Waals surface area contributed by atoms with E-state index in [-0.39, 0.29) is 17.4 Å². The van der Waals surface area contributed by atoms with Crippen molar-refractivity contribution >= 4 is 0 Å². The lowest BCUT2D eigenvalue weighted by molar-refractivity contribution is 0.133.